The molecule has 4 nitrogen and oxygen atoms in total. The molecule has 0 aromatic rings. The zero-order chi connectivity index (χ0) is 10.4. The number of rotatable bonds is 2. The van der Waals surface area contributed by atoms with Crippen molar-refractivity contribution in [3.05, 3.63) is 12.7 Å². The summed E-state index contributed by atoms with van der Waals surface area (Å²) in [7, 11) is -4.02. The normalized spacial score (nSPS) is 13.2. The van der Waals surface area contributed by atoms with Crippen molar-refractivity contribution in [2.75, 3.05) is 0 Å². The van der Waals surface area contributed by atoms with Gasteiger partial charge in [-0.25, -0.2) is 0 Å². The summed E-state index contributed by atoms with van der Waals surface area (Å²) in [4.78, 5) is 0. The second kappa shape index (κ2) is 6.16. The maximum atomic E-state index is 10.2. The average molecular weight is 195 g/mol. The van der Waals surface area contributed by atoms with Crippen molar-refractivity contribution in [2.45, 2.75) is 26.1 Å². The molecular weight excluding hydrogens is 178 g/mol. The molecule has 0 saturated carbocycles. The Kier molecular flexibility index (Phi) is 7.27. The zero-order valence-electron chi connectivity index (χ0n) is 7.69. The highest BCUT2D eigenvalue weighted by Gasteiger charge is 2.20. The molecule has 3 N–H and O–H groups in total. The van der Waals surface area contributed by atoms with E-state index in [1.54, 1.807) is 19.9 Å². The highest BCUT2D eigenvalue weighted by molar-refractivity contribution is 7.86. The molecule has 1 unspecified atom stereocenters. The van der Waals surface area contributed by atoms with Crippen LogP contribution in [0.2, 0.25) is 0 Å². The van der Waals surface area contributed by atoms with E-state index in [2.05, 4.69) is 6.58 Å². The van der Waals surface area contributed by atoms with Gasteiger partial charge in [-0.05, 0) is 12.8 Å². The molecule has 0 rings (SSSR count). The summed E-state index contributed by atoms with van der Waals surface area (Å²) in [5.41, 5.74) is 5.06. The Morgan fingerprint density at radius 1 is 1.50 bits per heavy atom. The van der Waals surface area contributed by atoms with Crippen LogP contribution in [0.15, 0.2) is 12.7 Å². The Morgan fingerprint density at radius 2 is 1.75 bits per heavy atom. The van der Waals surface area contributed by atoms with E-state index in [0.717, 1.165) is 0 Å². The molecule has 0 radical (unpaired) electrons. The van der Waals surface area contributed by atoms with E-state index in [-0.39, 0.29) is 5.92 Å². The fourth-order valence-corrected chi connectivity index (χ4v) is 1.03. The van der Waals surface area contributed by atoms with Crippen molar-refractivity contribution in [3.63, 3.8) is 0 Å². The zero-order valence-corrected chi connectivity index (χ0v) is 8.50. The van der Waals surface area contributed by atoms with Gasteiger partial charge in [0.25, 0.3) is 10.1 Å². The Morgan fingerprint density at radius 3 is 1.75 bits per heavy atom. The van der Waals surface area contributed by atoms with Crippen molar-refractivity contribution in [1.29, 1.82) is 0 Å². The number of nitrogens with two attached hydrogens (primary N) is 1. The Labute approximate surface area is 74.2 Å². The van der Waals surface area contributed by atoms with Crippen LogP contribution >= 0.6 is 0 Å². The second-order valence-corrected chi connectivity index (χ2v) is 4.21. The number of hydrogen-bond donors (Lipinski definition) is 2. The van der Waals surface area contributed by atoms with E-state index < -0.39 is 15.5 Å². The third-order valence-electron chi connectivity index (χ3n) is 1.00. The van der Waals surface area contributed by atoms with Gasteiger partial charge in [-0.15, -0.1) is 6.58 Å². The lowest BCUT2D eigenvalue weighted by atomic mass is 10.2. The van der Waals surface area contributed by atoms with Crippen molar-refractivity contribution in [2.24, 2.45) is 11.7 Å². The third kappa shape index (κ3) is 7.71. The van der Waals surface area contributed by atoms with Crippen LogP contribution in [0, 0.1) is 5.92 Å². The van der Waals surface area contributed by atoms with E-state index in [0.29, 0.717) is 0 Å². The topological polar surface area (TPSA) is 80.4 Å². The van der Waals surface area contributed by atoms with E-state index in [4.69, 9.17) is 10.3 Å². The first kappa shape index (κ1) is 14.2. The smallest absolute Gasteiger partial charge is 0.281 e. The molecule has 0 aromatic heterocycles. The molecule has 0 aliphatic heterocycles. The summed E-state index contributed by atoms with van der Waals surface area (Å²) in [6.07, 6.45) is 1.75. The third-order valence-corrected chi connectivity index (χ3v) is 2.23. The predicted molar refractivity (Wildman–Crippen MR) is 50.2 cm³/mol. The van der Waals surface area contributed by atoms with E-state index in [1.165, 1.54) is 0 Å². The monoisotopic (exact) mass is 195 g/mol. The standard InChI is InChI=1S/C4H11NO3S.C3H6/c1-3(2)4(5)9(6,7)8;1-3-2/h3-4H,5H2,1-2H3,(H,6,7,8);3H,1H2,2H3. The molecule has 0 aliphatic rings. The maximum Gasteiger partial charge on any atom is 0.281 e. The minimum atomic E-state index is -4.02. The molecular formula is C7H17NO3S. The molecule has 0 amide bonds. The quantitative estimate of drug-likeness (QED) is 0.509. The number of allylic oxidation sites excluding steroid dienone is 1. The van der Waals surface area contributed by atoms with Gasteiger partial charge in [-0.3, -0.25) is 4.55 Å². The van der Waals surface area contributed by atoms with Gasteiger partial charge in [0.2, 0.25) is 0 Å². The minimum Gasteiger partial charge on any atom is -0.313 e. The largest absolute Gasteiger partial charge is 0.313 e. The van der Waals surface area contributed by atoms with Gasteiger partial charge in [0, 0.05) is 0 Å². The van der Waals surface area contributed by atoms with Gasteiger partial charge in [0.15, 0.2) is 0 Å². The fourth-order valence-electron chi connectivity index (χ4n) is 0.344. The minimum absolute atomic E-state index is 0.250. The number of hydrogen-bond acceptors (Lipinski definition) is 3. The van der Waals surface area contributed by atoms with Crippen molar-refractivity contribution >= 4 is 10.1 Å². The van der Waals surface area contributed by atoms with Gasteiger partial charge < -0.3 is 5.73 Å². The molecule has 0 fully saturated rings. The van der Waals surface area contributed by atoms with Crippen LogP contribution in [-0.4, -0.2) is 18.3 Å². The van der Waals surface area contributed by atoms with Gasteiger partial charge in [0.1, 0.15) is 5.37 Å². The summed E-state index contributed by atoms with van der Waals surface area (Å²) in [6.45, 7) is 8.50. The lowest BCUT2D eigenvalue weighted by Crippen LogP contribution is -2.34. The molecule has 74 valence electrons. The lowest BCUT2D eigenvalue weighted by Gasteiger charge is -2.10. The van der Waals surface area contributed by atoms with Gasteiger partial charge in [-0.1, -0.05) is 19.9 Å². The molecule has 0 heterocycles. The average Bonchev–Trinajstić information content (AvgIpc) is 1.85. The van der Waals surface area contributed by atoms with Gasteiger partial charge in [-0.2, -0.15) is 8.42 Å². The first-order chi connectivity index (χ1) is 5.27. The molecule has 5 heteroatoms. The maximum absolute atomic E-state index is 10.2. The van der Waals surface area contributed by atoms with Crippen molar-refractivity contribution < 1.29 is 13.0 Å². The van der Waals surface area contributed by atoms with Gasteiger partial charge >= 0.3 is 0 Å². The van der Waals surface area contributed by atoms with Crippen LogP contribution in [0.25, 0.3) is 0 Å². The second-order valence-electron chi connectivity index (χ2n) is 2.63. The van der Waals surface area contributed by atoms with E-state index >= 15 is 0 Å². The van der Waals surface area contributed by atoms with Crippen molar-refractivity contribution in [3.8, 4) is 0 Å². The molecule has 0 saturated heterocycles. The Bertz CT molecular complexity index is 209. The summed E-state index contributed by atoms with van der Waals surface area (Å²) in [6, 6.07) is 0. The predicted octanol–water partition coefficient (Wildman–Crippen LogP) is 1.01. The lowest BCUT2D eigenvalue weighted by molar-refractivity contribution is 0.444. The molecule has 1 atom stereocenters. The van der Waals surface area contributed by atoms with E-state index in [9.17, 15) is 8.42 Å². The SMILES string of the molecule is C=CC.CC(C)C(N)S(=O)(=O)O. The highest BCUT2D eigenvalue weighted by Crippen LogP contribution is 2.03. The Balaban J connectivity index is 0. The molecule has 0 spiro atoms. The molecule has 0 bridgehead atoms. The highest BCUT2D eigenvalue weighted by atomic mass is 32.2. The van der Waals surface area contributed by atoms with Crippen molar-refractivity contribution in [1.82, 2.24) is 0 Å². The molecule has 12 heavy (non-hydrogen) atoms. The van der Waals surface area contributed by atoms with Crippen LogP contribution in [0.1, 0.15) is 20.8 Å². The molecule has 0 aliphatic carbocycles. The Hall–Kier alpha value is -0.390. The summed E-state index contributed by atoms with van der Waals surface area (Å²) in [5, 5.41) is -1.16. The van der Waals surface area contributed by atoms with Crippen LogP contribution in [-0.2, 0) is 10.1 Å². The van der Waals surface area contributed by atoms with Gasteiger partial charge in [0.05, 0.1) is 0 Å². The van der Waals surface area contributed by atoms with Crippen LogP contribution in [0.5, 0.6) is 0 Å². The first-order valence-electron chi connectivity index (χ1n) is 3.56. The fraction of sp³-hybridized carbons (Fsp3) is 0.714. The summed E-state index contributed by atoms with van der Waals surface area (Å²) < 4.78 is 28.7. The van der Waals surface area contributed by atoms with Crippen LogP contribution in [0.4, 0.5) is 0 Å². The van der Waals surface area contributed by atoms with E-state index in [1.807, 2.05) is 6.92 Å². The summed E-state index contributed by atoms with van der Waals surface area (Å²) in [5.74, 6) is -0.250. The summed E-state index contributed by atoms with van der Waals surface area (Å²) >= 11 is 0. The van der Waals surface area contributed by atoms with Crippen LogP contribution in [0.3, 0.4) is 0 Å². The molecule has 0 aromatic carbocycles. The van der Waals surface area contributed by atoms with Crippen LogP contribution < -0.4 is 5.73 Å². The first-order valence-corrected chi connectivity index (χ1v) is 5.06.